The molecular formula is C45H26O17. The van der Waals surface area contributed by atoms with Crippen LogP contribution >= 0.6 is 0 Å². The normalized spacial score (nSPS) is 11.5. The molecule has 17 heteroatoms. The Morgan fingerprint density at radius 1 is 0.339 bits per heavy atom. The van der Waals surface area contributed by atoms with Crippen molar-refractivity contribution in [3.05, 3.63) is 122 Å². The third-order valence-electron chi connectivity index (χ3n) is 10.3. The minimum absolute atomic E-state index is 0.00745. The summed E-state index contributed by atoms with van der Waals surface area (Å²) < 4.78 is 17.6. The lowest BCUT2D eigenvalue weighted by atomic mass is 9.92. The first kappa shape index (κ1) is 38.3. The van der Waals surface area contributed by atoms with Crippen LogP contribution in [0.4, 0.5) is 0 Å². The van der Waals surface area contributed by atoms with Gasteiger partial charge in [0.15, 0.2) is 50.8 Å². The van der Waals surface area contributed by atoms with E-state index < -0.39 is 118 Å². The van der Waals surface area contributed by atoms with Gasteiger partial charge in [-0.3, -0.25) is 14.4 Å². The molecule has 0 bridgehead atoms. The molecule has 6 aromatic carbocycles. The van der Waals surface area contributed by atoms with Gasteiger partial charge in [0, 0.05) is 58.1 Å². The van der Waals surface area contributed by atoms with Crippen molar-refractivity contribution in [1.29, 1.82) is 0 Å². The Kier molecular flexibility index (Phi) is 8.44. The van der Waals surface area contributed by atoms with E-state index >= 15 is 0 Å². The maximum atomic E-state index is 14.0. The molecule has 3 aromatic heterocycles. The summed E-state index contributed by atoms with van der Waals surface area (Å²) in [6.07, 6.45) is 0. The standard InChI is InChI=1S/C45H26O17/c46-17-2-8-30-20(10-17)24(50)11-32(60-30)18-3-6-22(48)42(56)36(18)41-29(55)15-35-39(45(41)59)27(53)13-33(62-35)19-4-7-23(49)43(57)37(19)40-28(54)14-34-38(44(40)58)26(52)12-31(61-34)16-1-5-21(47)25(51)9-16/h1-15,46-49,51,54-59H. The highest BCUT2D eigenvalue weighted by Crippen LogP contribution is 2.54. The second kappa shape index (κ2) is 13.7. The third-order valence-corrected chi connectivity index (χ3v) is 10.3. The third kappa shape index (κ3) is 5.83. The van der Waals surface area contributed by atoms with E-state index in [0.717, 1.165) is 60.7 Å². The molecule has 0 unspecified atom stereocenters. The lowest BCUT2D eigenvalue weighted by Crippen LogP contribution is -2.04. The predicted molar refractivity (Wildman–Crippen MR) is 220 cm³/mol. The Labute approximate surface area is 342 Å². The van der Waals surface area contributed by atoms with Gasteiger partial charge in [-0.05, 0) is 60.7 Å². The zero-order valence-electron chi connectivity index (χ0n) is 31.0. The summed E-state index contributed by atoms with van der Waals surface area (Å²) in [4.78, 5) is 40.5. The van der Waals surface area contributed by atoms with Crippen molar-refractivity contribution in [2.75, 3.05) is 0 Å². The van der Waals surface area contributed by atoms with Crippen molar-refractivity contribution in [3.63, 3.8) is 0 Å². The van der Waals surface area contributed by atoms with E-state index in [9.17, 15) is 70.6 Å². The first-order valence-electron chi connectivity index (χ1n) is 18.0. The second-order valence-corrected chi connectivity index (χ2v) is 14.0. The molecule has 0 radical (unpaired) electrons. The van der Waals surface area contributed by atoms with E-state index in [0.29, 0.717) is 0 Å². The van der Waals surface area contributed by atoms with E-state index in [1.54, 1.807) is 0 Å². The molecule has 0 atom stereocenters. The van der Waals surface area contributed by atoms with Crippen LogP contribution in [-0.2, 0) is 0 Å². The molecule has 308 valence electrons. The number of aromatic hydroxyl groups is 11. The number of hydrogen-bond donors (Lipinski definition) is 11. The van der Waals surface area contributed by atoms with E-state index in [1.165, 1.54) is 30.3 Å². The zero-order chi connectivity index (χ0) is 44.0. The Balaban J connectivity index is 1.22. The van der Waals surface area contributed by atoms with Gasteiger partial charge < -0.3 is 69.4 Å². The quantitative estimate of drug-likeness (QED) is 0.0770. The van der Waals surface area contributed by atoms with Crippen molar-refractivity contribution in [1.82, 2.24) is 0 Å². The number of benzene rings is 6. The molecular weight excluding hydrogens is 812 g/mol. The van der Waals surface area contributed by atoms with Gasteiger partial charge in [-0.2, -0.15) is 0 Å². The van der Waals surface area contributed by atoms with Gasteiger partial charge in [-0.15, -0.1) is 0 Å². The highest BCUT2D eigenvalue weighted by atomic mass is 16.4. The van der Waals surface area contributed by atoms with Gasteiger partial charge in [0.1, 0.15) is 73.5 Å². The van der Waals surface area contributed by atoms with Crippen LogP contribution in [0.5, 0.6) is 63.2 Å². The molecule has 3 heterocycles. The van der Waals surface area contributed by atoms with E-state index in [4.69, 9.17) is 13.3 Å². The van der Waals surface area contributed by atoms with Crippen LogP contribution in [0.15, 0.2) is 119 Å². The molecule has 0 aliphatic heterocycles. The highest BCUT2D eigenvalue weighted by Gasteiger charge is 2.30. The lowest BCUT2D eigenvalue weighted by Gasteiger charge is -2.18. The van der Waals surface area contributed by atoms with Crippen LogP contribution in [0.2, 0.25) is 0 Å². The molecule has 11 N–H and O–H groups in total. The molecule has 0 fully saturated rings. The number of hydrogen-bond acceptors (Lipinski definition) is 17. The predicted octanol–water partition coefficient (Wildman–Crippen LogP) is 7.10. The summed E-state index contributed by atoms with van der Waals surface area (Å²) in [6, 6.07) is 16.3. The number of rotatable bonds is 5. The lowest BCUT2D eigenvalue weighted by molar-refractivity contribution is 0.403. The summed E-state index contributed by atoms with van der Waals surface area (Å²) in [5, 5.41) is 118. The van der Waals surface area contributed by atoms with Gasteiger partial charge >= 0.3 is 0 Å². The van der Waals surface area contributed by atoms with Crippen molar-refractivity contribution in [3.8, 4) is 119 Å². The van der Waals surface area contributed by atoms with Gasteiger partial charge in [-0.1, -0.05) is 0 Å². The molecule has 0 saturated heterocycles. The Morgan fingerprint density at radius 2 is 0.806 bits per heavy atom. The van der Waals surface area contributed by atoms with Crippen LogP contribution in [0.3, 0.4) is 0 Å². The summed E-state index contributed by atoms with van der Waals surface area (Å²) in [6.45, 7) is 0. The molecule has 9 aromatic rings. The van der Waals surface area contributed by atoms with Gasteiger partial charge in [0.05, 0.1) is 16.5 Å². The summed E-state index contributed by atoms with van der Waals surface area (Å²) >= 11 is 0. The molecule has 0 saturated carbocycles. The van der Waals surface area contributed by atoms with E-state index in [-0.39, 0.29) is 50.5 Å². The van der Waals surface area contributed by atoms with Crippen LogP contribution < -0.4 is 16.3 Å². The molecule has 17 nitrogen and oxygen atoms in total. The minimum atomic E-state index is -1.00. The molecule has 9 rings (SSSR count). The second-order valence-electron chi connectivity index (χ2n) is 14.0. The number of fused-ring (bicyclic) bond motifs is 3. The van der Waals surface area contributed by atoms with E-state index in [1.807, 2.05) is 0 Å². The maximum absolute atomic E-state index is 14.0. The van der Waals surface area contributed by atoms with Crippen molar-refractivity contribution >= 4 is 32.9 Å². The molecule has 62 heavy (non-hydrogen) atoms. The smallest absolute Gasteiger partial charge is 0.197 e. The first-order valence-corrected chi connectivity index (χ1v) is 18.0. The van der Waals surface area contributed by atoms with Crippen LogP contribution in [-0.4, -0.2) is 56.2 Å². The van der Waals surface area contributed by atoms with Crippen LogP contribution in [0.1, 0.15) is 0 Å². The molecule has 0 aliphatic rings. The van der Waals surface area contributed by atoms with E-state index in [2.05, 4.69) is 0 Å². The molecule has 0 aliphatic carbocycles. The fraction of sp³-hybridized carbons (Fsp3) is 0. The van der Waals surface area contributed by atoms with Gasteiger partial charge in [-0.25, -0.2) is 0 Å². The van der Waals surface area contributed by atoms with Gasteiger partial charge in [0.2, 0.25) is 0 Å². The fourth-order valence-corrected chi connectivity index (χ4v) is 7.38. The topological polar surface area (TPSA) is 313 Å². The SMILES string of the molecule is O=c1cc(-c2ccc(O)c(O)c2-c2c(O)cc3oc(-c4ccc(O)c(O)c4-c4c(O)cc5oc(-c6ccc(O)c(O)c6)cc(=O)c5c4O)cc(=O)c3c2O)oc2ccc(O)cc12. The average molecular weight is 839 g/mol. The Hall–Kier alpha value is -9.25. The Morgan fingerprint density at radius 3 is 1.34 bits per heavy atom. The molecule has 0 amide bonds. The zero-order valence-corrected chi connectivity index (χ0v) is 31.0. The molecule has 0 spiro atoms. The summed E-state index contributed by atoms with van der Waals surface area (Å²) in [5.74, 6) is -8.87. The summed E-state index contributed by atoms with van der Waals surface area (Å²) in [7, 11) is 0. The Bertz CT molecular complexity index is 3620. The maximum Gasteiger partial charge on any atom is 0.197 e. The van der Waals surface area contributed by atoms with Crippen molar-refractivity contribution in [2.24, 2.45) is 0 Å². The minimum Gasteiger partial charge on any atom is -0.508 e. The monoisotopic (exact) mass is 838 g/mol. The average Bonchev–Trinajstić information content (AvgIpc) is 3.21. The van der Waals surface area contributed by atoms with Crippen molar-refractivity contribution in [2.45, 2.75) is 0 Å². The highest BCUT2D eigenvalue weighted by molar-refractivity contribution is 6.03. The largest absolute Gasteiger partial charge is 0.508 e. The van der Waals surface area contributed by atoms with Crippen molar-refractivity contribution < 1.29 is 69.4 Å². The van der Waals surface area contributed by atoms with Crippen LogP contribution in [0.25, 0.3) is 89.1 Å². The first-order chi connectivity index (χ1) is 29.5. The van der Waals surface area contributed by atoms with Gasteiger partial charge in [0.25, 0.3) is 0 Å². The number of phenolic OH excluding ortho intramolecular Hbond substituents is 11. The van der Waals surface area contributed by atoms with Crippen LogP contribution in [0, 0.1) is 0 Å². The number of phenols is 11. The fourth-order valence-electron chi connectivity index (χ4n) is 7.38. The summed E-state index contributed by atoms with van der Waals surface area (Å²) in [5.41, 5.74) is -5.86.